The van der Waals surface area contributed by atoms with Crippen molar-refractivity contribution in [3.63, 3.8) is 0 Å². The molecule has 4 heteroatoms. The molecule has 1 aromatic rings. The zero-order valence-electron chi connectivity index (χ0n) is 9.73. The van der Waals surface area contributed by atoms with E-state index in [1.54, 1.807) is 12.5 Å². The lowest BCUT2D eigenvalue weighted by Gasteiger charge is -2.17. The maximum atomic E-state index is 12.0. The summed E-state index contributed by atoms with van der Waals surface area (Å²) in [6.45, 7) is 0.693. The summed E-state index contributed by atoms with van der Waals surface area (Å²) in [7, 11) is 0. The van der Waals surface area contributed by atoms with Crippen LogP contribution in [0, 0.1) is 17.8 Å². The number of H-pyrrole nitrogens is 1. The van der Waals surface area contributed by atoms with Crippen LogP contribution in [0.15, 0.2) is 24.7 Å². The summed E-state index contributed by atoms with van der Waals surface area (Å²) in [6, 6.07) is 0. The van der Waals surface area contributed by atoms with E-state index in [0.29, 0.717) is 18.4 Å². The summed E-state index contributed by atoms with van der Waals surface area (Å²) in [5, 5.41) is 3.03. The molecule has 1 fully saturated rings. The molecule has 3 atom stereocenters. The highest BCUT2D eigenvalue weighted by Crippen LogP contribution is 2.43. The van der Waals surface area contributed by atoms with Gasteiger partial charge in [0.2, 0.25) is 5.91 Å². The quantitative estimate of drug-likeness (QED) is 0.767. The predicted molar refractivity (Wildman–Crippen MR) is 64.1 cm³/mol. The van der Waals surface area contributed by atoms with Crippen LogP contribution in [-0.2, 0) is 11.2 Å². The number of hydrogen-bond donors (Lipinski definition) is 2. The molecule has 0 aromatic carbocycles. The molecule has 1 heterocycles. The van der Waals surface area contributed by atoms with Crippen molar-refractivity contribution in [2.75, 3.05) is 6.54 Å². The number of carbonyl (C=O) groups is 1. The van der Waals surface area contributed by atoms with Gasteiger partial charge in [-0.25, -0.2) is 4.98 Å². The molecule has 17 heavy (non-hydrogen) atoms. The van der Waals surface area contributed by atoms with Gasteiger partial charge in [0.1, 0.15) is 0 Å². The number of hydrogen-bond acceptors (Lipinski definition) is 2. The second-order valence-corrected chi connectivity index (χ2v) is 5.00. The minimum atomic E-state index is 0.215. The third-order valence-electron chi connectivity index (χ3n) is 3.86. The summed E-state index contributed by atoms with van der Waals surface area (Å²) in [5.41, 5.74) is 1.07. The van der Waals surface area contributed by atoms with Crippen molar-refractivity contribution in [2.24, 2.45) is 17.8 Å². The number of aromatic amines is 1. The smallest absolute Gasteiger partial charge is 0.223 e. The first-order valence-corrected chi connectivity index (χ1v) is 6.26. The molecule has 1 aromatic heterocycles. The van der Waals surface area contributed by atoms with E-state index in [1.807, 2.05) is 0 Å². The van der Waals surface area contributed by atoms with Crippen LogP contribution in [-0.4, -0.2) is 22.4 Å². The summed E-state index contributed by atoms with van der Waals surface area (Å²) in [6.07, 6.45) is 11.0. The fourth-order valence-electron chi connectivity index (χ4n) is 2.96. The first kappa shape index (κ1) is 10.6. The maximum absolute atomic E-state index is 12.0. The Labute approximate surface area is 101 Å². The second-order valence-electron chi connectivity index (χ2n) is 5.00. The highest BCUT2D eigenvalue weighted by molar-refractivity contribution is 5.79. The van der Waals surface area contributed by atoms with Gasteiger partial charge in [-0.2, -0.15) is 0 Å². The molecular formula is C13H17N3O. The number of rotatable bonds is 4. The maximum Gasteiger partial charge on any atom is 0.223 e. The van der Waals surface area contributed by atoms with Gasteiger partial charge in [0, 0.05) is 30.8 Å². The van der Waals surface area contributed by atoms with Gasteiger partial charge in [0.25, 0.3) is 0 Å². The van der Waals surface area contributed by atoms with Crippen molar-refractivity contribution >= 4 is 5.91 Å². The van der Waals surface area contributed by atoms with Crippen molar-refractivity contribution in [3.05, 3.63) is 30.4 Å². The number of amides is 1. The molecule has 3 rings (SSSR count). The van der Waals surface area contributed by atoms with Crippen LogP contribution in [0.3, 0.4) is 0 Å². The van der Waals surface area contributed by atoms with Gasteiger partial charge in [-0.05, 0) is 24.7 Å². The third kappa shape index (κ3) is 2.12. The summed E-state index contributed by atoms with van der Waals surface area (Å²) >= 11 is 0. The fraction of sp³-hybridized carbons (Fsp3) is 0.538. The van der Waals surface area contributed by atoms with E-state index in [0.717, 1.165) is 18.5 Å². The minimum Gasteiger partial charge on any atom is -0.355 e. The van der Waals surface area contributed by atoms with Crippen LogP contribution in [0.4, 0.5) is 0 Å². The Hall–Kier alpha value is -1.58. The van der Waals surface area contributed by atoms with Crippen molar-refractivity contribution < 1.29 is 4.79 Å². The number of nitrogens with one attached hydrogen (secondary N) is 2. The van der Waals surface area contributed by atoms with Crippen LogP contribution in [0.2, 0.25) is 0 Å². The predicted octanol–water partition coefficient (Wildman–Crippen LogP) is 1.28. The Morgan fingerprint density at radius 1 is 1.47 bits per heavy atom. The Morgan fingerprint density at radius 3 is 3.06 bits per heavy atom. The van der Waals surface area contributed by atoms with Gasteiger partial charge in [-0.3, -0.25) is 4.79 Å². The highest BCUT2D eigenvalue weighted by atomic mass is 16.1. The van der Waals surface area contributed by atoms with Crippen molar-refractivity contribution in [3.8, 4) is 0 Å². The molecule has 3 unspecified atom stereocenters. The van der Waals surface area contributed by atoms with Gasteiger partial charge in [-0.15, -0.1) is 0 Å². The largest absolute Gasteiger partial charge is 0.355 e. The third-order valence-corrected chi connectivity index (χ3v) is 3.86. The molecule has 4 nitrogen and oxygen atoms in total. The first-order valence-electron chi connectivity index (χ1n) is 6.26. The molecule has 0 radical (unpaired) electrons. The molecule has 0 aliphatic heterocycles. The van der Waals surface area contributed by atoms with E-state index < -0.39 is 0 Å². The van der Waals surface area contributed by atoms with Gasteiger partial charge >= 0.3 is 0 Å². The molecule has 2 aliphatic carbocycles. The molecule has 1 amide bonds. The molecule has 2 N–H and O–H groups in total. The molecule has 2 aliphatic rings. The zero-order valence-corrected chi connectivity index (χ0v) is 9.73. The van der Waals surface area contributed by atoms with E-state index >= 15 is 0 Å². The Kier molecular flexibility index (Phi) is 2.71. The van der Waals surface area contributed by atoms with E-state index in [1.165, 1.54) is 6.42 Å². The normalized spacial score (nSPS) is 29.8. The van der Waals surface area contributed by atoms with E-state index in [2.05, 4.69) is 27.4 Å². The minimum absolute atomic E-state index is 0.215. The Bertz CT molecular complexity index is 424. The highest BCUT2D eigenvalue weighted by Gasteiger charge is 2.39. The number of imidazole rings is 1. The molecule has 90 valence electrons. The van der Waals surface area contributed by atoms with Crippen LogP contribution < -0.4 is 5.32 Å². The van der Waals surface area contributed by atoms with Crippen LogP contribution in [0.5, 0.6) is 0 Å². The first-order chi connectivity index (χ1) is 8.33. The Balaban J connectivity index is 1.46. The second kappa shape index (κ2) is 4.35. The SMILES string of the molecule is O=C(NCCc1cnc[nH]1)C1CC2C=CC1C2. The van der Waals surface area contributed by atoms with Crippen molar-refractivity contribution in [2.45, 2.75) is 19.3 Å². The topological polar surface area (TPSA) is 57.8 Å². The lowest BCUT2D eigenvalue weighted by Crippen LogP contribution is -2.34. The number of carbonyl (C=O) groups excluding carboxylic acids is 1. The van der Waals surface area contributed by atoms with Crippen molar-refractivity contribution in [1.82, 2.24) is 15.3 Å². The van der Waals surface area contributed by atoms with E-state index in [9.17, 15) is 4.79 Å². The number of nitrogens with zero attached hydrogens (tertiary/aromatic N) is 1. The number of fused-ring (bicyclic) bond motifs is 2. The summed E-state index contributed by atoms with van der Waals surface area (Å²) < 4.78 is 0. The van der Waals surface area contributed by atoms with Crippen molar-refractivity contribution in [1.29, 1.82) is 0 Å². The fourth-order valence-corrected chi connectivity index (χ4v) is 2.96. The number of allylic oxidation sites excluding steroid dienone is 2. The summed E-state index contributed by atoms with van der Waals surface area (Å²) in [4.78, 5) is 19.0. The lowest BCUT2D eigenvalue weighted by atomic mass is 9.93. The zero-order chi connectivity index (χ0) is 11.7. The molecule has 0 saturated heterocycles. The van der Waals surface area contributed by atoms with Crippen LogP contribution >= 0.6 is 0 Å². The Morgan fingerprint density at radius 2 is 2.41 bits per heavy atom. The van der Waals surface area contributed by atoms with Gasteiger partial charge in [0.05, 0.1) is 6.33 Å². The molecule has 1 saturated carbocycles. The van der Waals surface area contributed by atoms with E-state index in [-0.39, 0.29) is 11.8 Å². The van der Waals surface area contributed by atoms with Gasteiger partial charge in [0.15, 0.2) is 0 Å². The summed E-state index contributed by atoms with van der Waals surface area (Å²) in [5.74, 6) is 1.59. The van der Waals surface area contributed by atoms with Crippen LogP contribution in [0.25, 0.3) is 0 Å². The molecular weight excluding hydrogens is 214 g/mol. The monoisotopic (exact) mass is 231 g/mol. The van der Waals surface area contributed by atoms with E-state index in [4.69, 9.17) is 0 Å². The lowest BCUT2D eigenvalue weighted by molar-refractivity contribution is -0.125. The molecule has 2 bridgehead atoms. The van der Waals surface area contributed by atoms with Crippen LogP contribution in [0.1, 0.15) is 18.5 Å². The molecule has 0 spiro atoms. The average molecular weight is 231 g/mol. The number of aromatic nitrogens is 2. The van der Waals surface area contributed by atoms with Gasteiger partial charge in [-0.1, -0.05) is 12.2 Å². The average Bonchev–Trinajstić information content (AvgIpc) is 3.05. The van der Waals surface area contributed by atoms with Gasteiger partial charge < -0.3 is 10.3 Å². The standard InChI is InChI=1S/C13H17N3O/c17-13(12-6-9-1-2-10(12)5-9)15-4-3-11-7-14-8-16-11/h1-2,7-10,12H,3-6H2,(H,14,16)(H,15,17).